The molecule has 0 radical (unpaired) electrons. The SMILES string of the molecule is Cc1ccc(C2NC3(CC3)C(=O)N2CC(C)S(C)=O)s1. The summed E-state index contributed by atoms with van der Waals surface area (Å²) in [5, 5.41) is 3.50. The maximum Gasteiger partial charge on any atom is 0.244 e. The Balaban J connectivity index is 1.86. The van der Waals surface area contributed by atoms with Gasteiger partial charge in [0.15, 0.2) is 0 Å². The highest BCUT2D eigenvalue weighted by Gasteiger charge is 2.59. The first-order valence-corrected chi connectivity index (χ1v) is 9.34. The Labute approximate surface area is 126 Å². The van der Waals surface area contributed by atoms with Gasteiger partial charge in [0.1, 0.15) is 11.7 Å². The lowest BCUT2D eigenvalue weighted by molar-refractivity contribution is -0.130. The van der Waals surface area contributed by atoms with Gasteiger partial charge in [-0.3, -0.25) is 14.3 Å². The summed E-state index contributed by atoms with van der Waals surface area (Å²) in [5.41, 5.74) is -0.322. The van der Waals surface area contributed by atoms with Crippen LogP contribution in [0, 0.1) is 6.92 Å². The van der Waals surface area contributed by atoms with Crippen LogP contribution in [0.2, 0.25) is 0 Å². The second kappa shape index (κ2) is 4.93. The van der Waals surface area contributed by atoms with Gasteiger partial charge in [0, 0.05) is 38.6 Å². The van der Waals surface area contributed by atoms with E-state index in [0.29, 0.717) is 6.54 Å². The molecule has 1 aliphatic carbocycles. The molecule has 1 aromatic heterocycles. The maximum atomic E-state index is 12.6. The van der Waals surface area contributed by atoms with Crippen LogP contribution in [0.25, 0.3) is 0 Å². The zero-order valence-corrected chi connectivity index (χ0v) is 13.6. The third kappa shape index (κ3) is 2.34. The number of nitrogens with one attached hydrogen (secondary N) is 1. The Morgan fingerprint density at radius 3 is 2.75 bits per heavy atom. The molecule has 1 spiro atoms. The predicted molar refractivity (Wildman–Crippen MR) is 82.1 cm³/mol. The minimum Gasteiger partial charge on any atom is -0.319 e. The van der Waals surface area contributed by atoms with Gasteiger partial charge < -0.3 is 4.90 Å². The highest BCUT2D eigenvalue weighted by Crippen LogP contribution is 2.46. The molecule has 1 N–H and O–H groups in total. The zero-order valence-electron chi connectivity index (χ0n) is 12.0. The van der Waals surface area contributed by atoms with Crippen molar-refractivity contribution in [2.45, 2.75) is 43.6 Å². The summed E-state index contributed by atoms with van der Waals surface area (Å²) in [7, 11) is -0.910. The quantitative estimate of drug-likeness (QED) is 0.922. The third-order valence-electron chi connectivity index (χ3n) is 4.20. The van der Waals surface area contributed by atoms with Gasteiger partial charge in [-0.05, 0) is 38.8 Å². The minimum atomic E-state index is -0.910. The van der Waals surface area contributed by atoms with E-state index in [2.05, 4.69) is 24.4 Å². The normalized spacial score (nSPS) is 27.1. The summed E-state index contributed by atoms with van der Waals surface area (Å²) in [6.45, 7) is 4.57. The molecule has 3 atom stereocenters. The first-order chi connectivity index (χ1) is 9.43. The fourth-order valence-corrected chi connectivity index (χ4v) is 3.98. The van der Waals surface area contributed by atoms with Crippen molar-refractivity contribution >= 4 is 28.0 Å². The first kappa shape index (κ1) is 14.2. The lowest BCUT2D eigenvalue weighted by Crippen LogP contribution is -2.38. The molecule has 2 aliphatic rings. The number of aryl methyl sites for hydroxylation is 1. The average molecular weight is 312 g/mol. The topological polar surface area (TPSA) is 49.4 Å². The van der Waals surface area contributed by atoms with Crippen LogP contribution < -0.4 is 5.32 Å². The Hall–Kier alpha value is -0.720. The fourth-order valence-electron chi connectivity index (χ4n) is 2.67. The van der Waals surface area contributed by atoms with Gasteiger partial charge in [-0.25, -0.2) is 0 Å². The summed E-state index contributed by atoms with van der Waals surface area (Å²) < 4.78 is 11.6. The van der Waals surface area contributed by atoms with Crippen molar-refractivity contribution in [1.82, 2.24) is 10.2 Å². The van der Waals surface area contributed by atoms with Crippen molar-refractivity contribution < 1.29 is 9.00 Å². The van der Waals surface area contributed by atoms with Crippen LogP contribution in [0.5, 0.6) is 0 Å². The molecular formula is C14H20N2O2S2. The second-order valence-corrected chi connectivity index (χ2v) is 8.97. The molecule has 20 heavy (non-hydrogen) atoms. The molecular weight excluding hydrogens is 292 g/mol. The van der Waals surface area contributed by atoms with Gasteiger partial charge in [-0.15, -0.1) is 11.3 Å². The van der Waals surface area contributed by atoms with Crippen molar-refractivity contribution in [3.63, 3.8) is 0 Å². The minimum absolute atomic E-state index is 0.00166. The molecule has 3 unspecified atom stereocenters. The monoisotopic (exact) mass is 312 g/mol. The summed E-state index contributed by atoms with van der Waals surface area (Å²) >= 11 is 1.72. The molecule has 2 heterocycles. The standard InChI is InChI=1S/C14H20N2O2S2/c1-9-4-5-11(19-9)12-15-14(6-7-14)13(17)16(12)8-10(2)20(3)18/h4-5,10,12,15H,6-8H2,1-3H3. The number of rotatable bonds is 4. The van der Waals surface area contributed by atoms with Gasteiger partial charge in [0.05, 0.1) is 0 Å². The molecule has 3 rings (SSSR count). The lowest BCUT2D eigenvalue weighted by Gasteiger charge is -2.25. The highest BCUT2D eigenvalue weighted by atomic mass is 32.2. The van der Waals surface area contributed by atoms with E-state index >= 15 is 0 Å². The molecule has 6 heteroatoms. The number of amides is 1. The van der Waals surface area contributed by atoms with Gasteiger partial charge in [-0.2, -0.15) is 0 Å². The van der Waals surface area contributed by atoms with Crippen LogP contribution >= 0.6 is 11.3 Å². The smallest absolute Gasteiger partial charge is 0.244 e. The van der Waals surface area contributed by atoms with Crippen LogP contribution in [0.15, 0.2) is 12.1 Å². The fraction of sp³-hybridized carbons (Fsp3) is 0.643. The van der Waals surface area contributed by atoms with E-state index in [4.69, 9.17) is 0 Å². The molecule has 1 aromatic rings. The molecule has 0 aromatic carbocycles. The van der Waals surface area contributed by atoms with Gasteiger partial charge in [-0.1, -0.05) is 0 Å². The Morgan fingerprint density at radius 2 is 2.25 bits per heavy atom. The Bertz CT molecular complexity index is 565. The Kier molecular flexibility index (Phi) is 3.51. The average Bonchev–Trinajstić information content (AvgIpc) is 2.98. The predicted octanol–water partition coefficient (Wildman–Crippen LogP) is 1.79. The molecule has 1 saturated heterocycles. The van der Waals surface area contributed by atoms with E-state index in [1.54, 1.807) is 17.6 Å². The van der Waals surface area contributed by atoms with E-state index in [0.717, 1.165) is 12.8 Å². The maximum absolute atomic E-state index is 12.6. The number of carbonyl (C=O) groups is 1. The summed E-state index contributed by atoms with van der Waals surface area (Å²) in [6, 6.07) is 4.18. The van der Waals surface area contributed by atoms with Gasteiger partial charge in [0.25, 0.3) is 0 Å². The van der Waals surface area contributed by atoms with Crippen molar-refractivity contribution in [1.29, 1.82) is 0 Å². The molecule has 1 aliphatic heterocycles. The van der Waals surface area contributed by atoms with E-state index in [-0.39, 0.29) is 22.9 Å². The summed E-state index contributed by atoms with van der Waals surface area (Å²) in [5.74, 6) is 0.186. The van der Waals surface area contributed by atoms with Crippen molar-refractivity contribution in [2.24, 2.45) is 0 Å². The van der Waals surface area contributed by atoms with Crippen molar-refractivity contribution in [3.05, 3.63) is 21.9 Å². The van der Waals surface area contributed by atoms with Crippen LogP contribution in [0.1, 0.15) is 35.7 Å². The molecule has 110 valence electrons. The molecule has 1 saturated carbocycles. The van der Waals surface area contributed by atoms with Crippen LogP contribution in [-0.4, -0.2) is 38.6 Å². The largest absolute Gasteiger partial charge is 0.319 e. The first-order valence-electron chi connectivity index (χ1n) is 6.90. The van der Waals surface area contributed by atoms with Crippen LogP contribution in [0.4, 0.5) is 0 Å². The van der Waals surface area contributed by atoms with E-state index in [1.165, 1.54) is 9.75 Å². The van der Waals surface area contributed by atoms with Crippen molar-refractivity contribution in [3.8, 4) is 0 Å². The zero-order chi connectivity index (χ0) is 14.5. The van der Waals surface area contributed by atoms with E-state index in [1.807, 2.05) is 11.8 Å². The number of carbonyl (C=O) groups excluding carboxylic acids is 1. The third-order valence-corrected chi connectivity index (χ3v) is 6.53. The number of thiophene rings is 1. The van der Waals surface area contributed by atoms with E-state index in [9.17, 15) is 9.00 Å². The molecule has 4 nitrogen and oxygen atoms in total. The number of nitrogens with zero attached hydrogens (tertiary/aromatic N) is 1. The van der Waals surface area contributed by atoms with E-state index < -0.39 is 10.8 Å². The van der Waals surface area contributed by atoms with Gasteiger partial charge >= 0.3 is 0 Å². The number of hydrogen-bond donors (Lipinski definition) is 1. The number of hydrogen-bond acceptors (Lipinski definition) is 4. The summed E-state index contributed by atoms with van der Waals surface area (Å²) in [6.07, 6.45) is 3.50. The Morgan fingerprint density at radius 1 is 1.55 bits per heavy atom. The lowest BCUT2D eigenvalue weighted by atomic mass is 10.2. The van der Waals surface area contributed by atoms with Crippen molar-refractivity contribution in [2.75, 3.05) is 12.8 Å². The molecule has 1 amide bonds. The molecule has 2 fully saturated rings. The van der Waals surface area contributed by atoms with Crippen LogP contribution in [-0.2, 0) is 15.6 Å². The highest BCUT2D eigenvalue weighted by molar-refractivity contribution is 7.84. The van der Waals surface area contributed by atoms with Crippen LogP contribution in [0.3, 0.4) is 0 Å². The summed E-state index contributed by atoms with van der Waals surface area (Å²) in [4.78, 5) is 16.9. The van der Waals surface area contributed by atoms with Gasteiger partial charge in [0.2, 0.25) is 5.91 Å². The second-order valence-electron chi connectivity index (χ2n) is 5.84. The molecule has 0 bridgehead atoms.